The number of β-lactam (4-membered cyclic amide) rings is 1. The standard InChI is InChI=1S/C18H26N2O6S/c1-6-10-8-24-17(25-10)11-7-20-14(22)12(19-9(2)21)15(20)27-13(11)16(23)26-18(3,4)5/h7,10,12-13,15,17H,6,8H2,1-5H3,(H,19,21)/t10?,12?,13?,15-,17?/m1/s1. The maximum atomic E-state index is 12.8. The van der Waals surface area contributed by atoms with E-state index in [-0.39, 0.29) is 23.3 Å². The van der Waals surface area contributed by atoms with Crippen LogP contribution in [0.4, 0.5) is 0 Å². The highest BCUT2D eigenvalue weighted by atomic mass is 32.2. The van der Waals surface area contributed by atoms with Crippen LogP contribution >= 0.6 is 11.8 Å². The number of hydrogen-bond acceptors (Lipinski definition) is 7. The van der Waals surface area contributed by atoms with E-state index >= 15 is 0 Å². The first-order valence-corrected chi connectivity index (χ1v) is 10.0. The molecule has 3 rings (SSSR count). The molecular weight excluding hydrogens is 372 g/mol. The number of carbonyl (C=O) groups is 3. The van der Waals surface area contributed by atoms with E-state index in [0.717, 1.165) is 6.42 Å². The van der Waals surface area contributed by atoms with Crippen LogP contribution in [0.5, 0.6) is 0 Å². The number of fused-ring (bicyclic) bond motifs is 1. The van der Waals surface area contributed by atoms with E-state index in [1.807, 2.05) is 6.92 Å². The van der Waals surface area contributed by atoms with E-state index in [1.165, 1.54) is 23.6 Å². The predicted molar refractivity (Wildman–Crippen MR) is 98.4 cm³/mol. The molecule has 4 unspecified atom stereocenters. The second-order valence-corrected chi connectivity index (χ2v) is 9.05. The summed E-state index contributed by atoms with van der Waals surface area (Å²) in [5, 5.41) is 1.62. The molecule has 8 nitrogen and oxygen atoms in total. The lowest BCUT2D eigenvalue weighted by Gasteiger charge is -2.49. The molecule has 2 fully saturated rings. The predicted octanol–water partition coefficient (Wildman–Crippen LogP) is 1.15. The summed E-state index contributed by atoms with van der Waals surface area (Å²) in [6.07, 6.45) is 1.69. The highest BCUT2D eigenvalue weighted by molar-refractivity contribution is 8.01. The summed E-state index contributed by atoms with van der Waals surface area (Å²) >= 11 is 1.28. The van der Waals surface area contributed by atoms with Crippen molar-refractivity contribution in [2.24, 2.45) is 0 Å². The van der Waals surface area contributed by atoms with Gasteiger partial charge in [0.25, 0.3) is 5.91 Å². The van der Waals surface area contributed by atoms with Gasteiger partial charge in [-0.05, 0) is 27.2 Å². The summed E-state index contributed by atoms with van der Waals surface area (Å²) in [4.78, 5) is 38.1. The van der Waals surface area contributed by atoms with E-state index in [4.69, 9.17) is 14.2 Å². The fraction of sp³-hybridized carbons (Fsp3) is 0.722. The highest BCUT2D eigenvalue weighted by Gasteiger charge is 2.54. The zero-order valence-electron chi connectivity index (χ0n) is 16.2. The first-order chi connectivity index (χ1) is 12.6. The van der Waals surface area contributed by atoms with Gasteiger partial charge in [-0.2, -0.15) is 0 Å². The topological polar surface area (TPSA) is 94.2 Å². The van der Waals surface area contributed by atoms with Crippen molar-refractivity contribution in [1.82, 2.24) is 10.2 Å². The summed E-state index contributed by atoms with van der Waals surface area (Å²) in [6, 6.07) is -0.649. The van der Waals surface area contributed by atoms with Gasteiger partial charge in [0.2, 0.25) is 5.91 Å². The molecule has 0 radical (unpaired) electrons. The SMILES string of the molecule is CCC1COC(C2=CN3C(=O)C(NC(C)=O)[C@H]3SC2C(=O)OC(C)(C)C)O1. The molecule has 3 aliphatic rings. The Labute approximate surface area is 162 Å². The molecule has 9 heteroatoms. The largest absolute Gasteiger partial charge is 0.459 e. The van der Waals surface area contributed by atoms with Crippen molar-refractivity contribution < 1.29 is 28.6 Å². The van der Waals surface area contributed by atoms with Crippen LogP contribution in [0.25, 0.3) is 0 Å². The molecule has 0 saturated carbocycles. The molecule has 0 aromatic rings. The van der Waals surface area contributed by atoms with Crippen molar-refractivity contribution in [2.45, 2.75) is 75.7 Å². The molecule has 3 heterocycles. The minimum atomic E-state index is -0.687. The number of nitrogens with one attached hydrogen (secondary N) is 1. The number of ether oxygens (including phenoxy) is 3. The van der Waals surface area contributed by atoms with Gasteiger partial charge in [-0.25, -0.2) is 0 Å². The lowest BCUT2D eigenvalue weighted by Crippen LogP contribution is -2.69. The Morgan fingerprint density at radius 3 is 2.67 bits per heavy atom. The number of carbonyl (C=O) groups excluding carboxylic acids is 3. The van der Waals surface area contributed by atoms with Crippen LogP contribution in [-0.2, 0) is 28.6 Å². The zero-order valence-corrected chi connectivity index (χ0v) is 17.0. The fourth-order valence-electron chi connectivity index (χ4n) is 3.13. The van der Waals surface area contributed by atoms with Gasteiger partial charge in [0, 0.05) is 18.7 Å². The average Bonchev–Trinajstić information content (AvgIpc) is 3.05. The Bertz CT molecular complexity index is 673. The Morgan fingerprint density at radius 1 is 1.41 bits per heavy atom. The molecule has 1 N–H and O–H groups in total. The van der Waals surface area contributed by atoms with Crippen molar-refractivity contribution in [3.05, 3.63) is 11.8 Å². The molecule has 150 valence electrons. The number of thioether (sulfide) groups is 1. The van der Waals surface area contributed by atoms with E-state index in [9.17, 15) is 14.4 Å². The number of rotatable bonds is 4. The first-order valence-electron chi connectivity index (χ1n) is 9.07. The second kappa shape index (κ2) is 7.44. The van der Waals surface area contributed by atoms with Crippen LogP contribution in [0.15, 0.2) is 11.8 Å². The molecule has 3 aliphatic heterocycles. The van der Waals surface area contributed by atoms with Crippen molar-refractivity contribution >= 4 is 29.5 Å². The van der Waals surface area contributed by atoms with E-state index < -0.39 is 29.2 Å². The molecule has 0 spiro atoms. The molecule has 2 amide bonds. The minimum absolute atomic E-state index is 0.0443. The quantitative estimate of drug-likeness (QED) is 0.561. The minimum Gasteiger partial charge on any atom is -0.459 e. The Hall–Kier alpha value is -1.58. The normalized spacial score (nSPS) is 33.1. The van der Waals surface area contributed by atoms with Crippen LogP contribution in [0.1, 0.15) is 41.0 Å². The molecule has 0 bridgehead atoms. The summed E-state index contributed by atoms with van der Waals surface area (Å²) in [5.41, 5.74) is -0.0773. The summed E-state index contributed by atoms with van der Waals surface area (Å²) in [7, 11) is 0. The van der Waals surface area contributed by atoms with Crippen molar-refractivity contribution in [3.63, 3.8) is 0 Å². The van der Waals surface area contributed by atoms with E-state index in [1.54, 1.807) is 27.0 Å². The summed E-state index contributed by atoms with van der Waals surface area (Å²) in [6.45, 7) is 9.21. The van der Waals surface area contributed by atoms with Gasteiger partial charge in [-0.1, -0.05) is 6.92 Å². The lowest BCUT2D eigenvalue weighted by atomic mass is 10.0. The highest BCUT2D eigenvalue weighted by Crippen LogP contribution is 2.43. The van der Waals surface area contributed by atoms with Gasteiger partial charge in [0.05, 0.1) is 12.7 Å². The number of esters is 1. The van der Waals surface area contributed by atoms with E-state index in [2.05, 4.69) is 5.32 Å². The third-order valence-corrected chi connectivity index (χ3v) is 5.92. The summed E-state index contributed by atoms with van der Waals surface area (Å²) < 4.78 is 17.2. The van der Waals surface area contributed by atoms with Crippen molar-refractivity contribution in [2.75, 3.05) is 6.61 Å². The molecule has 27 heavy (non-hydrogen) atoms. The van der Waals surface area contributed by atoms with Crippen LogP contribution in [-0.4, -0.2) is 64.0 Å². The molecular formula is C18H26N2O6S. The van der Waals surface area contributed by atoms with Gasteiger partial charge in [0.15, 0.2) is 6.29 Å². The maximum absolute atomic E-state index is 12.8. The molecule has 2 saturated heterocycles. The summed E-state index contributed by atoms with van der Waals surface area (Å²) in [5.74, 6) is -0.912. The maximum Gasteiger partial charge on any atom is 0.324 e. The lowest BCUT2D eigenvalue weighted by molar-refractivity contribution is -0.155. The number of amides is 2. The van der Waals surface area contributed by atoms with Crippen molar-refractivity contribution in [3.8, 4) is 0 Å². The molecule has 0 aromatic heterocycles. The Morgan fingerprint density at radius 2 is 2.11 bits per heavy atom. The molecule has 0 aliphatic carbocycles. The zero-order chi connectivity index (χ0) is 19.9. The smallest absolute Gasteiger partial charge is 0.324 e. The first kappa shape index (κ1) is 20.2. The van der Waals surface area contributed by atoms with Gasteiger partial charge < -0.3 is 24.4 Å². The Kier molecular flexibility index (Phi) is 5.56. The number of nitrogens with zero attached hydrogens (tertiary/aromatic N) is 1. The molecule has 5 atom stereocenters. The van der Waals surface area contributed by atoms with Crippen LogP contribution < -0.4 is 5.32 Å². The monoisotopic (exact) mass is 398 g/mol. The Balaban J connectivity index is 1.85. The van der Waals surface area contributed by atoms with Crippen molar-refractivity contribution in [1.29, 1.82) is 0 Å². The van der Waals surface area contributed by atoms with Gasteiger partial charge in [0.1, 0.15) is 22.3 Å². The third kappa shape index (κ3) is 4.14. The van der Waals surface area contributed by atoms with Crippen LogP contribution in [0.3, 0.4) is 0 Å². The molecule has 0 aromatic carbocycles. The van der Waals surface area contributed by atoms with Gasteiger partial charge in [-0.3, -0.25) is 14.4 Å². The average molecular weight is 398 g/mol. The number of hydrogen-bond donors (Lipinski definition) is 1. The third-order valence-electron chi connectivity index (χ3n) is 4.40. The van der Waals surface area contributed by atoms with E-state index in [0.29, 0.717) is 12.2 Å². The van der Waals surface area contributed by atoms with Gasteiger partial charge >= 0.3 is 5.97 Å². The van der Waals surface area contributed by atoms with Crippen LogP contribution in [0, 0.1) is 0 Å². The van der Waals surface area contributed by atoms with Gasteiger partial charge in [-0.15, -0.1) is 11.8 Å². The second-order valence-electron chi connectivity index (χ2n) is 7.82. The van der Waals surface area contributed by atoms with Crippen LogP contribution in [0.2, 0.25) is 0 Å². The fourth-order valence-corrected chi connectivity index (χ4v) is 4.54.